The van der Waals surface area contributed by atoms with E-state index in [0.29, 0.717) is 6.54 Å². The van der Waals surface area contributed by atoms with Gasteiger partial charge in [-0.05, 0) is 46.1 Å². The summed E-state index contributed by atoms with van der Waals surface area (Å²) in [6.07, 6.45) is 0.821. The Morgan fingerprint density at radius 2 is 1.85 bits per heavy atom. The van der Waals surface area contributed by atoms with Crippen molar-refractivity contribution in [2.45, 2.75) is 59.1 Å². The molecule has 1 heterocycles. The molecule has 0 bridgehead atoms. The minimum atomic E-state index is -0.870. The van der Waals surface area contributed by atoms with Crippen LogP contribution < -0.4 is 16.0 Å². The predicted octanol–water partition coefficient (Wildman–Crippen LogP) is 0.391. The van der Waals surface area contributed by atoms with Gasteiger partial charge < -0.3 is 20.3 Å². The van der Waals surface area contributed by atoms with E-state index in [2.05, 4.69) is 10.6 Å². The lowest BCUT2D eigenvalue weighted by molar-refractivity contribution is -0.138. The largest absolute Gasteiger partial charge is 0.444 e. The number of rotatable bonds is 7. The molecule has 1 saturated heterocycles. The number of nitrogens with one attached hydrogen (secondary N) is 3. The van der Waals surface area contributed by atoms with Crippen LogP contribution in [0.2, 0.25) is 0 Å². The van der Waals surface area contributed by atoms with Gasteiger partial charge in [-0.3, -0.25) is 19.7 Å². The SMILES string of the molecule is CC(C)CN(CC(=O)NCC(=O)NC(=O)OC(C)(C)C)C(=O)[C@@H]1CCCN1. The zero-order valence-corrected chi connectivity index (χ0v) is 16.9. The third-order valence-corrected chi connectivity index (χ3v) is 3.68. The quantitative estimate of drug-likeness (QED) is 0.585. The lowest BCUT2D eigenvalue weighted by atomic mass is 10.1. The maximum absolute atomic E-state index is 12.6. The van der Waals surface area contributed by atoms with E-state index in [4.69, 9.17) is 4.74 Å². The number of nitrogens with zero attached hydrogens (tertiary/aromatic N) is 1. The molecule has 9 heteroatoms. The smallest absolute Gasteiger partial charge is 0.414 e. The topological polar surface area (TPSA) is 117 Å². The lowest BCUT2D eigenvalue weighted by Crippen LogP contribution is -2.50. The summed E-state index contributed by atoms with van der Waals surface area (Å²) in [4.78, 5) is 49.5. The fourth-order valence-corrected chi connectivity index (χ4v) is 2.66. The number of carbonyl (C=O) groups is 4. The Balaban J connectivity index is 2.47. The first kappa shape index (κ1) is 22.9. The highest BCUT2D eigenvalue weighted by Crippen LogP contribution is 2.10. The van der Waals surface area contributed by atoms with E-state index in [1.807, 2.05) is 19.2 Å². The van der Waals surface area contributed by atoms with Crippen LogP contribution in [0, 0.1) is 5.92 Å². The Bertz CT molecular complexity index is 550. The minimum Gasteiger partial charge on any atom is -0.444 e. The van der Waals surface area contributed by atoms with Crippen molar-refractivity contribution in [2.75, 3.05) is 26.2 Å². The molecule has 1 aliphatic rings. The van der Waals surface area contributed by atoms with Crippen molar-refractivity contribution in [3.63, 3.8) is 0 Å². The fourth-order valence-electron chi connectivity index (χ4n) is 2.66. The summed E-state index contributed by atoms with van der Waals surface area (Å²) in [5, 5.41) is 7.60. The third-order valence-electron chi connectivity index (χ3n) is 3.68. The highest BCUT2D eigenvalue weighted by molar-refractivity contribution is 5.95. The highest BCUT2D eigenvalue weighted by Gasteiger charge is 2.28. The first-order valence-electron chi connectivity index (χ1n) is 9.29. The molecule has 0 radical (unpaired) electrons. The number of carbonyl (C=O) groups excluding carboxylic acids is 4. The molecule has 9 nitrogen and oxygen atoms in total. The molecule has 0 aliphatic carbocycles. The summed E-state index contributed by atoms with van der Waals surface area (Å²) >= 11 is 0. The van der Waals surface area contributed by atoms with E-state index < -0.39 is 23.5 Å². The average molecular weight is 384 g/mol. The van der Waals surface area contributed by atoms with Crippen LogP contribution in [0.25, 0.3) is 0 Å². The molecule has 154 valence electrons. The summed E-state index contributed by atoms with van der Waals surface area (Å²) < 4.78 is 4.97. The Hall–Kier alpha value is -2.16. The minimum absolute atomic E-state index is 0.102. The molecule has 27 heavy (non-hydrogen) atoms. The molecule has 0 unspecified atom stereocenters. The molecule has 0 spiro atoms. The molecule has 1 fully saturated rings. The number of hydrogen-bond acceptors (Lipinski definition) is 6. The Labute approximate surface area is 160 Å². The monoisotopic (exact) mass is 384 g/mol. The van der Waals surface area contributed by atoms with Gasteiger partial charge in [0.25, 0.3) is 0 Å². The Kier molecular flexibility index (Phi) is 8.68. The van der Waals surface area contributed by atoms with Crippen LogP contribution in [0.1, 0.15) is 47.5 Å². The number of ether oxygens (including phenoxy) is 1. The predicted molar refractivity (Wildman–Crippen MR) is 99.8 cm³/mol. The second-order valence-electron chi connectivity index (χ2n) is 8.09. The van der Waals surface area contributed by atoms with Gasteiger partial charge in [-0.15, -0.1) is 0 Å². The van der Waals surface area contributed by atoms with Gasteiger partial charge in [0, 0.05) is 6.54 Å². The summed E-state index contributed by atoms with van der Waals surface area (Å²) in [5.74, 6) is -1.04. The molecule has 1 atom stereocenters. The molecule has 0 aromatic heterocycles. The van der Waals surface area contributed by atoms with Crippen molar-refractivity contribution in [2.24, 2.45) is 5.92 Å². The molecule has 4 amide bonds. The van der Waals surface area contributed by atoms with Crippen LogP contribution >= 0.6 is 0 Å². The molecule has 1 rings (SSSR count). The normalized spacial score (nSPS) is 16.7. The van der Waals surface area contributed by atoms with E-state index in [1.165, 1.54) is 4.90 Å². The molecular weight excluding hydrogens is 352 g/mol. The van der Waals surface area contributed by atoms with Crippen LogP contribution in [0.3, 0.4) is 0 Å². The number of amides is 4. The molecule has 0 saturated carbocycles. The standard InChI is InChI=1S/C18H32N4O5/c1-12(2)10-22(16(25)13-7-6-8-19-13)11-15(24)20-9-14(23)21-17(26)27-18(3,4)5/h12-13,19H,6-11H2,1-5H3,(H,20,24)(H,21,23,26)/t13-/m0/s1. The van der Waals surface area contributed by atoms with Gasteiger partial charge >= 0.3 is 6.09 Å². The van der Waals surface area contributed by atoms with Gasteiger partial charge in [-0.1, -0.05) is 13.8 Å². The molecular formula is C18H32N4O5. The summed E-state index contributed by atoms with van der Waals surface area (Å²) in [6.45, 7) is 9.72. The second-order valence-corrected chi connectivity index (χ2v) is 8.09. The van der Waals surface area contributed by atoms with E-state index >= 15 is 0 Å². The van der Waals surface area contributed by atoms with Gasteiger partial charge in [-0.2, -0.15) is 0 Å². The van der Waals surface area contributed by atoms with Crippen molar-refractivity contribution < 1.29 is 23.9 Å². The van der Waals surface area contributed by atoms with Crippen molar-refractivity contribution in [3.05, 3.63) is 0 Å². The van der Waals surface area contributed by atoms with Crippen LogP contribution in [0.4, 0.5) is 4.79 Å². The van der Waals surface area contributed by atoms with Gasteiger partial charge in [0.2, 0.25) is 17.7 Å². The average Bonchev–Trinajstić information content (AvgIpc) is 3.03. The van der Waals surface area contributed by atoms with Crippen molar-refractivity contribution in [1.29, 1.82) is 0 Å². The van der Waals surface area contributed by atoms with Crippen LogP contribution in [-0.2, 0) is 19.1 Å². The molecule has 1 aliphatic heterocycles. The fraction of sp³-hybridized carbons (Fsp3) is 0.778. The molecule has 0 aromatic carbocycles. The number of alkyl carbamates (subject to hydrolysis) is 1. The maximum atomic E-state index is 12.6. The van der Waals surface area contributed by atoms with Gasteiger partial charge in [0.1, 0.15) is 5.60 Å². The van der Waals surface area contributed by atoms with E-state index in [1.54, 1.807) is 20.8 Å². The summed E-state index contributed by atoms with van der Waals surface area (Å²) in [5.41, 5.74) is -0.723. The summed E-state index contributed by atoms with van der Waals surface area (Å²) in [6, 6.07) is -0.257. The van der Waals surface area contributed by atoms with Gasteiger partial charge in [-0.25, -0.2) is 4.79 Å². The third kappa shape index (κ3) is 9.37. The first-order valence-corrected chi connectivity index (χ1v) is 9.29. The number of hydrogen-bond donors (Lipinski definition) is 3. The molecule has 0 aromatic rings. The van der Waals surface area contributed by atoms with Gasteiger partial charge in [0.15, 0.2) is 0 Å². The highest BCUT2D eigenvalue weighted by atomic mass is 16.6. The Morgan fingerprint density at radius 3 is 2.37 bits per heavy atom. The maximum Gasteiger partial charge on any atom is 0.414 e. The lowest BCUT2D eigenvalue weighted by Gasteiger charge is -2.26. The second kappa shape index (κ2) is 10.2. The van der Waals surface area contributed by atoms with Gasteiger partial charge in [0.05, 0.1) is 19.1 Å². The zero-order chi connectivity index (χ0) is 20.6. The van der Waals surface area contributed by atoms with Crippen molar-refractivity contribution in [3.8, 4) is 0 Å². The van der Waals surface area contributed by atoms with E-state index in [-0.39, 0.29) is 31.0 Å². The first-order chi connectivity index (χ1) is 12.5. The van der Waals surface area contributed by atoms with Crippen LogP contribution in [-0.4, -0.2) is 66.5 Å². The van der Waals surface area contributed by atoms with Crippen LogP contribution in [0.15, 0.2) is 0 Å². The van der Waals surface area contributed by atoms with Crippen LogP contribution in [0.5, 0.6) is 0 Å². The number of imide groups is 1. The van der Waals surface area contributed by atoms with E-state index in [0.717, 1.165) is 19.4 Å². The zero-order valence-electron chi connectivity index (χ0n) is 16.9. The van der Waals surface area contributed by atoms with Crippen molar-refractivity contribution in [1.82, 2.24) is 20.9 Å². The van der Waals surface area contributed by atoms with E-state index in [9.17, 15) is 19.2 Å². The summed E-state index contributed by atoms with van der Waals surface area (Å²) in [7, 11) is 0. The van der Waals surface area contributed by atoms with Crippen molar-refractivity contribution >= 4 is 23.8 Å². The Morgan fingerprint density at radius 1 is 1.19 bits per heavy atom. The molecule has 3 N–H and O–H groups in total.